The van der Waals surface area contributed by atoms with Crippen LogP contribution in [0.1, 0.15) is 0 Å². The lowest BCUT2D eigenvalue weighted by Gasteiger charge is -2.08. The van der Waals surface area contributed by atoms with Crippen molar-refractivity contribution in [3.63, 3.8) is 0 Å². The number of aromatic nitrogens is 2. The number of para-hydroxylation sites is 1. The monoisotopic (exact) mass is 372 g/mol. The van der Waals surface area contributed by atoms with Crippen molar-refractivity contribution in [2.75, 3.05) is 7.11 Å². The SMILES string of the molecule is COc1ccc(-c2cc(=O)n(-c3ccccc3)c(=O)[nH]2)cc1Br. The topological polar surface area (TPSA) is 64.1 Å². The number of hydrogen-bond donors (Lipinski definition) is 1. The van der Waals surface area contributed by atoms with Crippen LogP contribution in [0.15, 0.2) is 68.7 Å². The van der Waals surface area contributed by atoms with E-state index >= 15 is 0 Å². The molecule has 1 aromatic heterocycles. The van der Waals surface area contributed by atoms with Crippen LogP contribution in [-0.4, -0.2) is 16.7 Å². The minimum atomic E-state index is -0.481. The van der Waals surface area contributed by atoms with E-state index < -0.39 is 5.69 Å². The van der Waals surface area contributed by atoms with E-state index in [4.69, 9.17) is 4.74 Å². The molecule has 116 valence electrons. The van der Waals surface area contributed by atoms with Gasteiger partial charge in [-0.05, 0) is 51.8 Å². The maximum atomic E-state index is 12.3. The third-order valence-corrected chi connectivity index (χ3v) is 4.03. The molecule has 3 aromatic rings. The fourth-order valence-electron chi connectivity index (χ4n) is 2.31. The quantitative estimate of drug-likeness (QED) is 0.768. The molecule has 23 heavy (non-hydrogen) atoms. The number of nitrogens with one attached hydrogen (secondary N) is 1. The summed E-state index contributed by atoms with van der Waals surface area (Å²) in [6.45, 7) is 0. The minimum absolute atomic E-state index is 0.387. The molecule has 1 heterocycles. The van der Waals surface area contributed by atoms with Crippen molar-refractivity contribution in [3.05, 3.63) is 79.9 Å². The van der Waals surface area contributed by atoms with E-state index in [1.807, 2.05) is 6.07 Å². The Labute approximate surface area is 140 Å². The summed E-state index contributed by atoms with van der Waals surface area (Å²) in [7, 11) is 1.57. The van der Waals surface area contributed by atoms with Crippen LogP contribution < -0.4 is 16.0 Å². The molecule has 0 fully saturated rings. The van der Waals surface area contributed by atoms with Crippen molar-refractivity contribution in [1.29, 1.82) is 0 Å². The van der Waals surface area contributed by atoms with Gasteiger partial charge in [-0.2, -0.15) is 0 Å². The van der Waals surface area contributed by atoms with Gasteiger partial charge in [-0.25, -0.2) is 9.36 Å². The number of benzene rings is 2. The maximum absolute atomic E-state index is 12.3. The van der Waals surface area contributed by atoms with Crippen molar-refractivity contribution >= 4 is 15.9 Å². The van der Waals surface area contributed by atoms with Crippen molar-refractivity contribution in [2.24, 2.45) is 0 Å². The molecular formula is C17H13BrN2O3. The smallest absolute Gasteiger partial charge is 0.333 e. The van der Waals surface area contributed by atoms with Crippen LogP contribution in [0, 0.1) is 0 Å². The molecular weight excluding hydrogens is 360 g/mol. The van der Waals surface area contributed by atoms with Crippen molar-refractivity contribution in [2.45, 2.75) is 0 Å². The Morgan fingerprint density at radius 1 is 1.04 bits per heavy atom. The van der Waals surface area contributed by atoms with Gasteiger partial charge in [0.05, 0.1) is 23.0 Å². The lowest BCUT2D eigenvalue weighted by Crippen LogP contribution is -2.33. The number of rotatable bonds is 3. The first-order chi connectivity index (χ1) is 11.1. The van der Waals surface area contributed by atoms with Crippen molar-refractivity contribution in [3.8, 4) is 22.7 Å². The second kappa shape index (κ2) is 6.26. The van der Waals surface area contributed by atoms with Gasteiger partial charge in [0.1, 0.15) is 5.75 Å². The van der Waals surface area contributed by atoms with Gasteiger partial charge >= 0.3 is 5.69 Å². The maximum Gasteiger partial charge on any atom is 0.333 e. The number of aromatic amines is 1. The molecule has 0 aliphatic rings. The molecule has 0 saturated carbocycles. The summed E-state index contributed by atoms with van der Waals surface area (Å²) in [5, 5.41) is 0. The first-order valence-electron chi connectivity index (χ1n) is 6.86. The lowest BCUT2D eigenvalue weighted by atomic mass is 10.1. The van der Waals surface area contributed by atoms with E-state index in [2.05, 4.69) is 20.9 Å². The van der Waals surface area contributed by atoms with E-state index in [-0.39, 0.29) is 5.56 Å². The average Bonchev–Trinajstić information content (AvgIpc) is 2.55. The average molecular weight is 373 g/mol. The van der Waals surface area contributed by atoms with Crippen LogP contribution in [0.3, 0.4) is 0 Å². The molecule has 0 bridgehead atoms. The summed E-state index contributed by atoms with van der Waals surface area (Å²) in [5.74, 6) is 0.675. The van der Waals surface area contributed by atoms with Crippen LogP contribution >= 0.6 is 15.9 Å². The Kier molecular flexibility index (Phi) is 4.16. The van der Waals surface area contributed by atoms with Crippen molar-refractivity contribution in [1.82, 2.24) is 9.55 Å². The largest absolute Gasteiger partial charge is 0.496 e. The van der Waals surface area contributed by atoms with E-state index in [0.717, 1.165) is 9.04 Å². The number of nitrogens with zero attached hydrogens (tertiary/aromatic N) is 1. The predicted octanol–water partition coefficient (Wildman–Crippen LogP) is 2.96. The van der Waals surface area contributed by atoms with Gasteiger partial charge in [0, 0.05) is 6.07 Å². The van der Waals surface area contributed by atoms with Crippen LogP contribution in [0.5, 0.6) is 5.75 Å². The van der Waals surface area contributed by atoms with Crippen LogP contribution in [0.2, 0.25) is 0 Å². The Balaban J connectivity index is 2.12. The molecule has 0 saturated heterocycles. The molecule has 0 spiro atoms. The van der Waals surface area contributed by atoms with Crippen LogP contribution in [0.4, 0.5) is 0 Å². The number of halogens is 1. The summed E-state index contributed by atoms with van der Waals surface area (Å²) in [5.41, 5.74) is 0.830. The first-order valence-corrected chi connectivity index (χ1v) is 7.65. The molecule has 0 unspecified atom stereocenters. The molecule has 0 aliphatic heterocycles. The molecule has 0 amide bonds. The van der Waals surface area contributed by atoms with E-state index in [9.17, 15) is 9.59 Å². The zero-order chi connectivity index (χ0) is 16.4. The highest BCUT2D eigenvalue weighted by atomic mass is 79.9. The highest BCUT2D eigenvalue weighted by Crippen LogP contribution is 2.29. The Bertz CT molecular complexity index is 930. The number of ether oxygens (including phenoxy) is 1. The second-order valence-corrected chi connectivity index (χ2v) is 5.70. The fraction of sp³-hybridized carbons (Fsp3) is 0.0588. The molecule has 2 aromatic carbocycles. The third-order valence-electron chi connectivity index (χ3n) is 3.41. The van der Waals surface area contributed by atoms with Gasteiger partial charge in [-0.3, -0.25) is 4.79 Å². The minimum Gasteiger partial charge on any atom is -0.496 e. The number of hydrogen-bond acceptors (Lipinski definition) is 3. The highest BCUT2D eigenvalue weighted by Gasteiger charge is 2.09. The summed E-state index contributed by atoms with van der Waals surface area (Å²) in [6.07, 6.45) is 0. The molecule has 5 nitrogen and oxygen atoms in total. The fourth-order valence-corrected chi connectivity index (χ4v) is 2.85. The summed E-state index contributed by atoms with van der Waals surface area (Å²) >= 11 is 3.39. The van der Waals surface area contributed by atoms with Gasteiger partial charge in [-0.1, -0.05) is 18.2 Å². The highest BCUT2D eigenvalue weighted by molar-refractivity contribution is 9.10. The zero-order valence-corrected chi connectivity index (χ0v) is 13.8. The zero-order valence-electron chi connectivity index (χ0n) is 12.2. The lowest BCUT2D eigenvalue weighted by molar-refractivity contribution is 0.412. The normalized spacial score (nSPS) is 10.5. The molecule has 1 N–H and O–H groups in total. The summed E-state index contributed by atoms with van der Waals surface area (Å²) in [4.78, 5) is 27.4. The van der Waals surface area contributed by atoms with Gasteiger partial charge in [0.25, 0.3) is 5.56 Å². The Hall–Kier alpha value is -2.60. The molecule has 3 rings (SSSR count). The van der Waals surface area contributed by atoms with Gasteiger partial charge in [0.15, 0.2) is 0 Å². The van der Waals surface area contributed by atoms with Gasteiger partial charge < -0.3 is 9.72 Å². The molecule has 0 atom stereocenters. The third kappa shape index (κ3) is 2.98. The van der Waals surface area contributed by atoms with Crippen LogP contribution in [0.25, 0.3) is 16.9 Å². The van der Waals surface area contributed by atoms with Crippen LogP contribution in [-0.2, 0) is 0 Å². The van der Waals surface area contributed by atoms with Gasteiger partial charge in [0.2, 0.25) is 0 Å². The second-order valence-electron chi connectivity index (χ2n) is 4.85. The Morgan fingerprint density at radius 2 is 1.78 bits per heavy atom. The van der Waals surface area contributed by atoms with Gasteiger partial charge in [-0.15, -0.1) is 0 Å². The first kappa shape index (κ1) is 15.3. The predicted molar refractivity (Wildman–Crippen MR) is 92.3 cm³/mol. The van der Waals surface area contributed by atoms with E-state index in [0.29, 0.717) is 22.7 Å². The summed E-state index contributed by atoms with van der Waals surface area (Å²) < 4.78 is 7.02. The Morgan fingerprint density at radius 3 is 2.39 bits per heavy atom. The molecule has 0 radical (unpaired) electrons. The van der Waals surface area contributed by atoms with Crippen molar-refractivity contribution < 1.29 is 4.74 Å². The summed E-state index contributed by atoms with van der Waals surface area (Å²) in [6, 6.07) is 15.5. The standard InChI is InChI=1S/C17H13BrN2O3/c1-23-15-8-7-11(9-13(15)18)14-10-16(21)20(17(22)19-14)12-5-3-2-4-6-12/h2-10H,1H3,(H,19,22). The molecule has 0 aliphatic carbocycles. The van der Waals surface area contributed by atoms with E-state index in [1.165, 1.54) is 6.07 Å². The van der Waals surface area contributed by atoms with E-state index in [1.54, 1.807) is 49.6 Å². The number of methoxy groups -OCH3 is 1. The number of H-pyrrole nitrogens is 1. The molecule has 6 heteroatoms.